The molecule has 0 saturated heterocycles. The predicted octanol–water partition coefficient (Wildman–Crippen LogP) is 6.57. The van der Waals surface area contributed by atoms with Gasteiger partial charge in [-0.2, -0.15) is 0 Å². The first-order valence-electron chi connectivity index (χ1n) is 11.7. The molecule has 0 fully saturated rings. The van der Waals surface area contributed by atoms with Crippen molar-refractivity contribution in [2.45, 2.75) is 29.2 Å². The molecule has 0 aromatic heterocycles. The number of hydrogen-bond donors (Lipinski definition) is 1. The molecule has 1 aliphatic rings. The Morgan fingerprint density at radius 2 is 1.37 bits per heavy atom. The Morgan fingerprint density at radius 3 is 1.94 bits per heavy atom. The molecule has 1 heterocycles. The molecule has 0 saturated carbocycles. The molecule has 176 valence electrons. The molecule has 0 radical (unpaired) electrons. The van der Waals surface area contributed by atoms with E-state index in [-0.39, 0.29) is 9.79 Å². The topological polar surface area (TPSA) is 55.4 Å². The third-order valence-corrected chi connectivity index (χ3v) is 8.15. The summed E-state index contributed by atoms with van der Waals surface area (Å²) in [7, 11) is -3.80. The van der Waals surface area contributed by atoms with E-state index in [2.05, 4.69) is 11.4 Å². The molecule has 1 N–H and O–H groups in total. The Balaban J connectivity index is 1.79. The quantitative estimate of drug-likeness (QED) is 0.338. The lowest BCUT2D eigenvalue weighted by Gasteiger charge is -2.39. The number of fused-ring (bicyclic) bond motifs is 1. The lowest BCUT2D eigenvalue weighted by molar-refractivity contribution is 0.294. The van der Waals surface area contributed by atoms with Crippen LogP contribution >= 0.6 is 0 Å². The largest absolute Gasteiger partial charge is 0.493 e. The smallest absolute Gasteiger partial charge is 0.208 e. The number of nitrogens with one attached hydrogen (secondary N) is 1. The van der Waals surface area contributed by atoms with E-state index >= 15 is 0 Å². The van der Waals surface area contributed by atoms with E-state index in [1.165, 1.54) is 0 Å². The number of ether oxygens (including phenoxy) is 1. The van der Waals surface area contributed by atoms with Crippen molar-refractivity contribution >= 4 is 21.3 Å². The van der Waals surface area contributed by atoms with E-state index < -0.39 is 15.4 Å². The molecule has 4 nitrogen and oxygen atoms in total. The van der Waals surface area contributed by atoms with Crippen molar-refractivity contribution in [2.24, 2.45) is 0 Å². The maximum atomic E-state index is 13.9. The number of aryl methyl sites for hydroxylation is 1. The Morgan fingerprint density at radius 1 is 0.771 bits per heavy atom. The fourth-order valence-electron chi connectivity index (χ4n) is 4.60. The second-order valence-electron chi connectivity index (χ2n) is 8.60. The van der Waals surface area contributed by atoms with Gasteiger partial charge in [0.1, 0.15) is 11.3 Å². The van der Waals surface area contributed by atoms with E-state index in [0.717, 1.165) is 22.3 Å². The van der Waals surface area contributed by atoms with Crippen molar-refractivity contribution in [1.82, 2.24) is 0 Å². The molecule has 1 aliphatic heterocycles. The standard InChI is InChI=1S/C30H27NO3S/c1-3-34-27-21-30(23-11-6-4-7-12-23,24-13-8-5-9-14-24)31-29-26(27)15-10-16-28(29)35(32,33)25-19-17-22(2)18-20-25/h4-21,31H,3H2,1-2H3. The monoisotopic (exact) mass is 481 g/mol. The van der Waals surface area contributed by atoms with Crippen molar-refractivity contribution in [3.8, 4) is 0 Å². The van der Waals surface area contributed by atoms with E-state index in [9.17, 15) is 8.42 Å². The maximum absolute atomic E-state index is 13.9. The van der Waals surface area contributed by atoms with Crippen LogP contribution in [0.2, 0.25) is 0 Å². The van der Waals surface area contributed by atoms with E-state index in [1.807, 2.05) is 92.7 Å². The van der Waals surface area contributed by atoms with Gasteiger partial charge in [-0.1, -0.05) is 84.4 Å². The summed E-state index contributed by atoms with van der Waals surface area (Å²) >= 11 is 0. The van der Waals surface area contributed by atoms with Gasteiger partial charge < -0.3 is 10.1 Å². The average Bonchev–Trinajstić information content (AvgIpc) is 2.89. The van der Waals surface area contributed by atoms with Gasteiger partial charge in [0, 0.05) is 5.56 Å². The van der Waals surface area contributed by atoms with Gasteiger partial charge in [0.15, 0.2) is 0 Å². The first-order valence-corrected chi connectivity index (χ1v) is 13.1. The van der Waals surface area contributed by atoms with Crippen molar-refractivity contribution < 1.29 is 13.2 Å². The van der Waals surface area contributed by atoms with Crippen LogP contribution in [0.1, 0.15) is 29.2 Å². The lowest BCUT2D eigenvalue weighted by Crippen LogP contribution is -2.38. The summed E-state index contributed by atoms with van der Waals surface area (Å²) < 4.78 is 33.9. The van der Waals surface area contributed by atoms with Crippen LogP contribution in [-0.4, -0.2) is 15.0 Å². The number of para-hydroxylation sites is 1. The van der Waals surface area contributed by atoms with E-state index in [4.69, 9.17) is 4.74 Å². The first-order chi connectivity index (χ1) is 17.0. The molecule has 4 aromatic rings. The Kier molecular flexibility index (Phi) is 5.95. The van der Waals surface area contributed by atoms with Crippen molar-refractivity contribution in [2.75, 3.05) is 11.9 Å². The number of benzene rings is 4. The van der Waals surface area contributed by atoms with Crippen LogP contribution in [0.3, 0.4) is 0 Å². The molecule has 0 aliphatic carbocycles. The van der Waals surface area contributed by atoms with Crippen LogP contribution in [0, 0.1) is 6.92 Å². The highest BCUT2D eigenvalue weighted by molar-refractivity contribution is 7.91. The van der Waals surface area contributed by atoms with Gasteiger partial charge in [-0.3, -0.25) is 0 Å². The number of rotatable bonds is 6. The Labute approximate surface area is 206 Å². The van der Waals surface area contributed by atoms with Crippen LogP contribution in [0.25, 0.3) is 5.76 Å². The first kappa shape index (κ1) is 22.9. The zero-order chi connectivity index (χ0) is 24.5. The van der Waals surface area contributed by atoms with Crippen LogP contribution in [0.5, 0.6) is 0 Å². The number of anilines is 1. The summed E-state index contributed by atoms with van der Waals surface area (Å²) in [6, 6.07) is 32.4. The molecule has 0 unspecified atom stereocenters. The fraction of sp³-hybridized carbons (Fsp3) is 0.133. The number of hydrogen-bond acceptors (Lipinski definition) is 4. The zero-order valence-electron chi connectivity index (χ0n) is 19.7. The molecule has 0 atom stereocenters. The van der Waals surface area contributed by atoms with Gasteiger partial charge >= 0.3 is 0 Å². The van der Waals surface area contributed by atoms with E-state index in [0.29, 0.717) is 18.1 Å². The average molecular weight is 482 g/mol. The third-order valence-electron chi connectivity index (χ3n) is 6.34. The van der Waals surface area contributed by atoms with Gasteiger partial charge in [-0.05, 0) is 55.3 Å². The summed E-state index contributed by atoms with van der Waals surface area (Å²) in [6.07, 6.45) is 2.06. The van der Waals surface area contributed by atoms with Crippen LogP contribution in [0.4, 0.5) is 5.69 Å². The molecular formula is C30H27NO3S. The maximum Gasteiger partial charge on any atom is 0.208 e. The third kappa shape index (κ3) is 4.02. The van der Waals surface area contributed by atoms with Crippen LogP contribution in [0.15, 0.2) is 119 Å². The molecule has 5 heteroatoms. The normalized spacial score (nSPS) is 14.4. The highest BCUT2D eigenvalue weighted by atomic mass is 32.2. The molecule has 0 spiro atoms. The van der Waals surface area contributed by atoms with E-state index in [1.54, 1.807) is 24.3 Å². The summed E-state index contributed by atoms with van der Waals surface area (Å²) in [5.74, 6) is 0.648. The second-order valence-corrected chi connectivity index (χ2v) is 10.5. The summed E-state index contributed by atoms with van der Waals surface area (Å²) in [5, 5.41) is 3.65. The van der Waals surface area contributed by atoms with Crippen LogP contribution < -0.4 is 5.32 Å². The minimum absolute atomic E-state index is 0.223. The minimum Gasteiger partial charge on any atom is -0.493 e. The van der Waals surface area contributed by atoms with Gasteiger partial charge in [-0.15, -0.1) is 0 Å². The van der Waals surface area contributed by atoms with Crippen molar-refractivity contribution in [3.63, 3.8) is 0 Å². The van der Waals surface area contributed by atoms with Crippen molar-refractivity contribution in [1.29, 1.82) is 0 Å². The Bertz CT molecular complexity index is 1440. The highest BCUT2D eigenvalue weighted by Gasteiger charge is 2.40. The summed E-state index contributed by atoms with van der Waals surface area (Å²) in [6.45, 7) is 4.33. The highest BCUT2D eigenvalue weighted by Crippen LogP contribution is 2.46. The number of sulfone groups is 1. The van der Waals surface area contributed by atoms with Gasteiger partial charge in [0.2, 0.25) is 9.84 Å². The zero-order valence-corrected chi connectivity index (χ0v) is 20.5. The fourth-order valence-corrected chi connectivity index (χ4v) is 6.03. The Hall–Kier alpha value is -3.83. The predicted molar refractivity (Wildman–Crippen MR) is 140 cm³/mol. The van der Waals surface area contributed by atoms with Gasteiger partial charge in [0.05, 0.1) is 22.1 Å². The molecule has 4 aromatic carbocycles. The molecule has 5 rings (SSSR count). The summed E-state index contributed by atoms with van der Waals surface area (Å²) in [5.41, 5.74) is 3.41. The van der Waals surface area contributed by atoms with Crippen LogP contribution in [-0.2, 0) is 20.1 Å². The molecule has 0 bridgehead atoms. The summed E-state index contributed by atoms with van der Waals surface area (Å²) in [4.78, 5) is 0.483. The van der Waals surface area contributed by atoms with Crippen molar-refractivity contribution in [3.05, 3.63) is 131 Å². The molecular weight excluding hydrogens is 454 g/mol. The molecule has 35 heavy (non-hydrogen) atoms. The SMILES string of the molecule is CCOC1=CC(c2ccccc2)(c2ccccc2)Nc2c1cccc2S(=O)(=O)c1ccc(C)cc1. The second kappa shape index (κ2) is 9.08. The minimum atomic E-state index is -3.80. The van der Waals surface area contributed by atoms with Gasteiger partial charge in [0.25, 0.3) is 0 Å². The van der Waals surface area contributed by atoms with Gasteiger partial charge in [-0.25, -0.2) is 8.42 Å². The lowest BCUT2D eigenvalue weighted by atomic mass is 9.79. The molecule has 0 amide bonds.